The molecule has 0 unspecified atom stereocenters. The molecule has 0 radical (unpaired) electrons. The Labute approximate surface area is 206 Å². The van der Waals surface area contributed by atoms with Crippen molar-refractivity contribution in [2.45, 2.75) is 38.5 Å². The third-order valence-electron chi connectivity index (χ3n) is 7.36. The summed E-state index contributed by atoms with van der Waals surface area (Å²) in [6, 6.07) is 5.15. The number of anilines is 2. The van der Waals surface area contributed by atoms with Crippen molar-refractivity contribution in [1.29, 1.82) is 0 Å². The van der Waals surface area contributed by atoms with Gasteiger partial charge in [0.2, 0.25) is 5.91 Å². The highest BCUT2D eigenvalue weighted by molar-refractivity contribution is 5.88. The zero-order chi connectivity index (χ0) is 25.0. The molecule has 12 heteroatoms. The molecule has 0 bridgehead atoms. The molecule has 3 aromatic heterocycles. The zero-order valence-corrected chi connectivity index (χ0v) is 19.9. The fourth-order valence-corrected chi connectivity index (χ4v) is 5.28. The van der Waals surface area contributed by atoms with E-state index in [0.717, 1.165) is 16.9 Å². The van der Waals surface area contributed by atoms with Crippen LogP contribution in [-0.2, 0) is 24.4 Å². The van der Waals surface area contributed by atoms with Gasteiger partial charge >= 0.3 is 0 Å². The van der Waals surface area contributed by atoms with Gasteiger partial charge in [0.25, 0.3) is 0 Å². The van der Waals surface area contributed by atoms with Crippen LogP contribution in [0.4, 0.5) is 15.9 Å². The number of rotatable bonds is 4. The normalized spacial score (nSPS) is 19.8. The standard InChI is InChI=1S/C24H27FN10O/c1-15-17(11-34-14-30-20-21(26)28-13-29-22(20)34)19(3-2-18(15)25)33-7-5-24(27,12-33)23(36)32-8-9-35-16(10-32)4-6-31-35/h2-4,6,13-14H,5,7-12,27H2,1H3,(H2,26,28,29)/t24-/m1/s1. The quantitative estimate of drug-likeness (QED) is 0.433. The first-order chi connectivity index (χ1) is 17.3. The molecule has 11 nitrogen and oxygen atoms in total. The van der Waals surface area contributed by atoms with Crippen LogP contribution in [0.25, 0.3) is 11.2 Å². The molecular weight excluding hydrogens is 463 g/mol. The minimum Gasteiger partial charge on any atom is -0.382 e. The van der Waals surface area contributed by atoms with Crippen molar-refractivity contribution < 1.29 is 9.18 Å². The molecule has 1 atom stereocenters. The second-order valence-electron chi connectivity index (χ2n) is 9.57. The van der Waals surface area contributed by atoms with Crippen molar-refractivity contribution in [1.82, 2.24) is 34.2 Å². The Balaban J connectivity index is 1.28. The van der Waals surface area contributed by atoms with Crippen molar-refractivity contribution in [2.24, 2.45) is 5.73 Å². The SMILES string of the molecule is Cc1c(F)ccc(N2CC[C@](N)(C(=O)N3CCn4nccc4C3)C2)c1Cn1cnc2c(N)ncnc21. The number of imidazole rings is 1. The van der Waals surface area contributed by atoms with Gasteiger partial charge in [-0.3, -0.25) is 9.48 Å². The predicted molar refractivity (Wildman–Crippen MR) is 131 cm³/mol. The summed E-state index contributed by atoms with van der Waals surface area (Å²) >= 11 is 0. The van der Waals surface area contributed by atoms with E-state index in [1.165, 1.54) is 12.4 Å². The van der Waals surface area contributed by atoms with E-state index >= 15 is 0 Å². The van der Waals surface area contributed by atoms with Gasteiger partial charge in [-0.2, -0.15) is 5.10 Å². The predicted octanol–water partition coefficient (Wildman–Crippen LogP) is 1.05. The summed E-state index contributed by atoms with van der Waals surface area (Å²) in [7, 11) is 0. The monoisotopic (exact) mass is 490 g/mol. The number of nitrogens with zero attached hydrogens (tertiary/aromatic N) is 8. The molecule has 1 aromatic carbocycles. The van der Waals surface area contributed by atoms with E-state index in [4.69, 9.17) is 11.5 Å². The average Bonchev–Trinajstić information content (AvgIpc) is 3.61. The summed E-state index contributed by atoms with van der Waals surface area (Å²) in [6.07, 6.45) is 5.28. The van der Waals surface area contributed by atoms with Gasteiger partial charge in [-0.1, -0.05) is 0 Å². The Hall–Kier alpha value is -4.06. The Bertz CT molecular complexity index is 1480. The van der Waals surface area contributed by atoms with E-state index in [9.17, 15) is 9.18 Å². The number of carbonyl (C=O) groups excluding carboxylic acids is 1. The summed E-state index contributed by atoms with van der Waals surface area (Å²) in [6.45, 7) is 4.76. The van der Waals surface area contributed by atoms with Crippen LogP contribution in [0.15, 0.2) is 37.1 Å². The van der Waals surface area contributed by atoms with Gasteiger partial charge in [-0.05, 0) is 37.1 Å². The maximum atomic E-state index is 14.7. The molecule has 186 valence electrons. The van der Waals surface area contributed by atoms with Gasteiger partial charge in [0.15, 0.2) is 11.5 Å². The molecule has 5 heterocycles. The number of nitrogen functional groups attached to an aromatic ring is 1. The fourth-order valence-electron chi connectivity index (χ4n) is 5.28. The maximum absolute atomic E-state index is 14.7. The first kappa shape index (κ1) is 22.4. The van der Waals surface area contributed by atoms with E-state index in [-0.39, 0.29) is 11.7 Å². The smallest absolute Gasteiger partial charge is 0.244 e. The van der Waals surface area contributed by atoms with Gasteiger partial charge in [-0.25, -0.2) is 19.3 Å². The molecular formula is C24H27FN10O. The first-order valence-electron chi connectivity index (χ1n) is 11.9. The van der Waals surface area contributed by atoms with Gasteiger partial charge in [-0.15, -0.1) is 0 Å². The second kappa shape index (κ2) is 8.26. The van der Waals surface area contributed by atoms with Crippen LogP contribution >= 0.6 is 0 Å². The van der Waals surface area contributed by atoms with E-state index in [0.29, 0.717) is 68.2 Å². The highest BCUT2D eigenvalue weighted by Crippen LogP contribution is 2.33. The molecule has 1 fully saturated rings. The first-order valence-corrected chi connectivity index (χ1v) is 11.9. The molecule has 4 N–H and O–H groups in total. The van der Waals surface area contributed by atoms with Gasteiger partial charge in [0.1, 0.15) is 23.2 Å². The number of aromatic nitrogens is 6. The Kier molecular flexibility index (Phi) is 5.14. The summed E-state index contributed by atoms with van der Waals surface area (Å²) in [4.78, 5) is 30.1. The van der Waals surface area contributed by atoms with Crippen molar-refractivity contribution in [3.63, 3.8) is 0 Å². The van der Waals surface area contributed by atoms with Crippen LogP contribution in [0.1, 0.15) is 23.2 Å². The number of benzene rings is 1. The van der Waals surface area contributed by atoms with Crippen LogP contribution in [0, 0.1) is 12.7 Å². The van der Waals surface area contributed by atoms with E-state index in [2.05, 4.69) is 25.0 Å². The lowest BCUT2D eigenvalue weighted by Gasteiger charge is -2.34. The third-order valence-corrected chi connectivity index (χ3v) is 7.36. The number of halogens is 1. The van der Waals surface area contributed by atoms with Crippen LogP contribution in [0.2, 0.25) is 0 Å². The molecule has 6 rings (SSSR count). The van der Waals surface area contributed by atoms with Gasteiger partial charge < -0.3 is 25.8 Å². The number of carbonyl (C=O) groups is 1. The fraction of sp³-hybridized carbons (Fsp3) is 0.375. The van der Waals surface area contributed by atoms with Crippen molar-refractivity contribution in [3.05, 3.63) is 59.7 Å². The Morgan fingerprint density at radius 1 is 1.17 bits per heavy atom. The highest BCUT2D eigenvalue weighted by atomic mass is 19.1. The molecule has 36 heavy (non-hydrogen) atoms. The average molecular weight is 491 g/mol. The minimum atomic E-state index is -1.02. The van der Waals surface area contributed by atoms with Gasteiger partial charge in [0.05, 0.1) is 31.7 Å². The second-order valence-corrected chi connectivity index (χ2v) is 9.57. The van der Waals surface area contributed by atoms with E-state index < -0.39 is 5.54 Å². The molecule has 0 spiro atoms. The topological polar surface area (TPSA) is 137 Å². The summed E-state index contributed by atoms with van der Waals surface area (Å²) in [5.41, 5.74) is 15.9. The molecule has 2 aliphatic heterocycles. The third kappa shape index (κ3) is 3.56. The highest BCUT2D eigenvalue weighted by Gasteiger charge is 2.44. The Morgan fingerprint density at radius 2 is 2.03 bits per heavy atom. The number of fused-ring (bicyclic) bond motifs is 2. The molecule has 1 amide bonds. The lowest BCUT2D eigenvalue weighted by atomic mass is 9.97. The largest absolute Gasteiger partial charge is 0.382 e. The number of nitrogens with two attached hydrogens (primary N) is 2. The molecule has 0 saturated carbocycles. The van der Waals surface area contributed by atoms with Crippen LogP contribution in [0.5, 0.6) is 0 Å². The van der Waals surface area contributed by atoms with Crippen molar-refractivity contribution in [2.75, 3.05) is 30.3 Å². The lowest BCUT2D eigenvalue weighted by Crippen LogP contribution is -2.58. The molecule has 1 saturated heterocycles. The van der Waals surface area contributed by atoms with Crippen molar-refractivity contribution >= 4 is 28.6 Å². The zero-order valence-electron chi connectivity index (χ0n) is 19.9. The molecule has 4 aromatic rings. The maximum Gasteiger partial charge on any atom is 0.244 e. The van der Waals surface area contributed by atoms with Crippen LogP contribution in [-0.4, -0.2) is 65.3 Å². The Morgan fingerprint density at radius 3 is 2.89 bits per heavy atom. The minimum absolute atomic E-state index is 0.0642. The van der Waals surface area contributed by atoms with E-state index in [1.807, 2.05) is 20.2 Å². The van der Waals surface area contributed by atoms with Crippen LogP contribution < -0.4 is 16.4 Å². The molecule has 0 aliphatic carbocycles. The number of hydrogen-bond donors (Lipinski definition) is 2. The number of hydrogen-bond acceptors (Lipinski definition) is 8. The molecule has 2 aliphatic rings. The van der Waals surface area contributed by atoms with Crippen LogP contribution in [0.3, 0.4) is 0 Å². The van der Waals surface area contributed by atoms with Gasteiger partial charge in [0, 0.05) is 37.1 Å². The lowest BCUT2D eigenvalue weighted by molar-refractivity contribution is -0.137. The van der Waals surface area contributed by atoms with Crippen molar-refractivity contribution in [3.8, 4) is 0 Å². The van der Waals surface area contributed by atoms with E-state index in [1.54, 1.807) is 25.5 Å². The summed E-state index contributed by atoms with van der Waals surface area (Å²) in [5.74, 6) is -0.0705. The number of amides is 1. The summed E-state index contributed by atoms with van der Waals surface area (Å²) < 4.78 is 18.4. The summed E-state index contributed by atoms with van der Waals surface area (Å²) in [5, 5.41) is 4.28.